The third kappa shape index (κ3) is 17.1. The van der Waals surface area contributed by atoms with Crippen molar-refractivity contribution in [1.82, 2.24) is 0 Å². The Kier molecular flexibility index (Phi) is 21.8. The number of aliphatic hydroxyl groups is 2. The van der Waals surface area contributed by atoms with Gasteiger partial charge in [-0.2, -0.15) is 0 Å². The minimum atomic E-state index is -0.503. The predicted molar refractivity (Wildman–Crippen MR) is 93.8 cm³/mol. The van der Waals surface area contributed by atoms with Crippen LogP contribution in [-0.4, -0.2) is 52.0 Å². The van der Waals surface area contributed by atoms with Crippen LogP contribution in [0.15, 0.2) is 0 Å². The molecule has 0 aromatic heterocycles. The summed E-state index contributed by atoms with van der Waals surface area (Å²) in [5.74, 6) is 0. The second-order valence-electron chi connectivity index (χ2n) is 6.25. The maximum Gasteiger partial charge on any atom is 0.0799 e. The standard InChI is InChI=1S/C18H38O2.Na/c1-3-5-7-9-11-13-15-17(19)18(20)16-14-12-10-8-6-4-2;/h17-20H,3-16H2,1-2H3;. The average Bonchev–Trinajstić information content (AvgIpc) is 2.45. The van der Waals surface area contributed by atoms with Gasteiger partial charge in [0.25, 0.3) is 0 Å². The van der Waals surface area contributed by atoms with Crippen molar-refractivity contribution in [2.24, 2.45) is 0 Å². The van der Waals surface area contributed by atoms with E-state index >= 15 is 0 Å². The molecule has 0 fully saturated rings. The molecule has 0 aromatic rings. The molecule has 0 spiro atoms. The maximum absolute atomic E-state index is 9.91. The summed E-state index contributed by atoms with van der Waals surface area (Å²) in [6, 6.07) is 0. The molecule has 0 aromatic carbocycles. The second kappa shape index (κ2) is 19.0. The summed E-state index contributed by atoms with van der Waals surface area (Å²) in [7, 11) is 0. The SMILES string of the molecule is CCCCCCCCC(O)C(O)CCCCCCCC.[Na]. The van der Waals surface area contributed by atoms with E-state index in [4.69, 9.17) is 0 Å². The van der Waals surface area contributed by atoms with Crippen LogP contribution in [0.2, 0.25) is 0 Å². The van der Waals surface area contributed by atoms with Crippen LogP contribution >= 0.6 is 0 Å². The summed E-state index contributed by atoms with van der Waals surface area (Å²) < 4.78 is 0. The van der Waals surface area contributed by atoms with Gasteiger partial charge in [0.1, 0.15) is 0 Å². The van der Waals surface area contributed by atoms with Gasteiger partial charge in [0, 0.05) is 29.6 Å². The Balaban J connectivity index is 0. The van der Waals surface area contributed by atoms with Crippen LogP contribution < -0.4 is 0 Å². The van der Waals surface area contributed by atoms with Gasteiger partial charge in [0.15, 0.2) is 0 Å². The smallest absolute Gasteiger partial charge is 0.0799 e. The van der Waals surface area contributed by atoms with E-state index in [-0.39, 0.29) is 29.6 Å². The molecule has 2 atom stereocenters. The minimum absolute atomic E-state index is 0. The minimum Gasteiger partial charge on any atom is -0.390 e. The molecule has 1 radical (unpaired) electrons. The number of hydrogen-bond donors (Lipinski definition) is 2. The molecule has 0 amide bonds. The van der Waals surface area contributed by atoms with Gasteiger partial charge >= 0.3 is 0 Å². The Bertz CT molecular complexity index is 168. The fourth-order valence-corrected chi connectivity index (χ4v) is 2.65. The van der Waals surface area contributed by atoms with Gasteiger partial charge in [-0.1, -0.05) is 90.9 Å². The Morgan fingerprint density at radius 2 is 0.810 bits per heavy atom. The molecule has 0 aliphatic carbocycles. The predicted octanol–water partition coefficient (Wildman–Crippen LogP) is 4.83. The number of hydrogen-bond acceptors (Lipinski definition) is 2. The topological polar surface area (TPSA) is 40.5 Å². The molecule has 3 heteroatoms. The van der Waals surface area contributed by atoms with Crippen molar-refractivity contribution in [2.45, 2.75) is 116 Å². The van der Waals surface area contributed by atoms with E-state index in [1.165, 1.54) is 64.2 Å². The van der Waals surface area contributed by atoms with Crippen molar-refractivity contribution in [3.05, 3.63) is 0 Å². The Morgan fingerprint density at radius 3 is 1.14 bits per heavy atom. The molecule has 123 valence electrons. The Hall–Kier alpha value is 0.920. The summed E-state index contributed by atoms with van der Waals surface area (Å²) in [5.41, 5.74) is 0. The number of unbranched alkanes of at least 4 members (excludes halogenated alkanes) is 10. The average molecular weight is 309 g/mol. The first kappa shape index (κ1) is 24.2. The van der Waals surface area contributed by atoms with Crippen molar-refractivity contribution in [1.29, 1.82) is 0 Å². The molecule has 0 heterocycles. The first-order valence-corrected chi connectivity index (χ1v) is 9.08. The van der Waals surface area contributed by atoms with Gasteiger partial charge in [-0.3, -0.25) is 0 Å². The first-order chi connectivity index (χ1) is 9.72. The van der Waals surface area contributed by atoms with Crippen molar-refractivity contribution < 1.29 is 10.2 Å². The fourth-order valence-electron chi connectivity index (χ4n) is 2.65. The van der Waals surface area contributed by atoms with E-state index in [1.807, 2.05) is 0 Å². The van der Waals surface area contributed by atoms with Gasteiger partial charge in [-0.15, -0.1) is 0 Å². The van der Waals surface area contributed by atoms with E-state index in [0.29, 0.717) is 0 Å². The molecule has 0 aliphatic rings. The molecule has 0 bridgehead atoms. The van der Waals surface area contributed by atoms with E-state index in [9.17, 15) is 10.2 Å². The Morgan fingerprint density at radius 1 is 0.524 bits per heavy atom. The van der Waals surface area contributed by atoms with Crippen LogP contribution in [0.4, 0.5) is 0 Å². The van der Waals surface area contributed by atoms with Crippen LogP contribution in [0.5, 0.6) is 0 Å². The van der Waals surface area contributed by atoms with Crippen LogP contribution in [0.25, 0.3) is 0 Å². The maximum atomic E-state index is 9.91. The third-order valence-corrected chi connectivity index (χ3v) is 4.15. The first-order valence-electron chi connectivity index (χ1n) is 9.08. The molecule has 21 heavy (non-hydrogen) atoms. The molecule has 0 saturated carbocycles. The molecule has 2 unspecified atom stereocenters. The van der Waals surface area contributed by atoms with Crippen LogP contribution in [0.3, 0.4) is 0 Å². The second-order valence-corrected chi connectivity index (χ2v) is 6.25. The molecular weight excluding hydrogens is 271 g/mol. The quantitative estimate of drug-likeness (QED) is 0.336. The summed E-state index contributed by atoms with van der Waals surface area (Å²) in [6.07, 6.45) is 15.4. The monoisotopic (exact) mass is 309 g/mol. The van der Waals surface area contributed by atoms with Gasteiger partial charge in [-0.25, -0.2) is 0 Å². The zero-order valence-corrected chi connectivity index (χ0v) is 16.9. The summed E-state index contributed by atoms with van der Waals surface area (Å²) in [4.78, 5) is 0. The van der Waals surface area contributed by atoms with Crippen LogP contribution in [0, 0.1) is 0 Å². The molecule has 2 N–H and O–H groups in total. The zero-order valence-electron chi connectivity index (χ0n) is 14.9. The van der Waals surface area contributed by atoms with Gasteiger partial charge in [0.2, 0.25) is 0 Å². The molecule has 0 aliphatic heterocycles. The summed E-state index contributed by atoms with van der Waals surface area (Å²) in [6.45, 7) is 4.45. The summed E-state index contributed by atoms with van der Waals surface area (Å²) >= 11 is 0. The van der Waals surface area contributed by atoms with Crippen molar-refractivity contribution in [2.75, 3.05) is 0 Å². The van der Waals surface area contributed by atoms with Gasteiger partial charge < -0.3 is 10.2 Å². The van der Waals surface area contributed by atoms with E-state index < -0.39 is 12.2 Å². The normalized spacial score (nSPS) is 13.7. The van der Waals surface area contributed by atoms with Crippen molar-refractivity contribution in [3.63, 3.8) is 0 Å². The van der Waals surface area contributed by atoms with Crippen LogP contribution in [0.1, 0.15) is 104 Å². The van der Waals surface area contributed by atoms with Crippen molar-refractivity contribution in [3.8, 4) is 0 Å². The molecule has 0 rings (SSSR count). The van der Waals surface area contributed by atoms with E-state index in [2.05, 4.69) is 13.8 Å². The molecular formula is C18H38NaO2. The van der Waals surface area contributed by atoms with Gasteiger partial charge in [-0.05, 0) is 12.8 Å². The largest absolute Gasteiger partial charge is 0.390 e. The fraction of sp³-hybridized carbons (Fsp3) is 1.00. The van der Waals surface area contributed by atoms with Gasteiger partial charge in [0.05, 0.1) is 12.2 Å². The third-order valence-electron chi connectivity index (χ3n) is 4.15. The van der Waals surface area contributed by atoms with E-state index in [0.717, 1.165) is 25.7 Å². The number of rotatable bonds is 15. The number of aliphatic hydroxyl groups excluding tert-OH is 2. The molecule has 2 nitrogen and oxygen atoms in total. The zero-order chi connectivity index (χ0) is 15.1. The molecule has 0 saturated heterocycles. The Labute approximate surface area is 155 Å². The van der Waals surface area contributed by atoms with Crippen molar-refractivity contribution >= 4 is 29.6 Å². The van der Waals surface area contributed by atoms with Crippen LogP contribution in [-0.2, 0) is 0 Å². The summed E-state index contributed by atoms with van der Waals surface area (Å²) in [5, 5.41) is 19.8. The van der Waals surface area contributed by atoms with E-state index in [1.54, 1.807) is 0 Å².